The summed E-state index contributed by atoms with van der Waals surface area (Å²) < 4.78 is 25.7. The van der Waals surface area contributed by atoms with Gasteiger partial charge in [-0.2, -0.15) is 5.26 Å². The summed E-state index contributed by atoms with van der Waals surface area (Å²) >= 11 is -1.95. The van der Waals surface area contributed by atoms with Crippen LogP contribution in [0, 0.1) is 17.1 Å². The number of hydrogen-bond acceptors (Lipinski definition) is 3. The Hall–Kier alpha value is -4.67. The third-order valence-corrected chi connectivity index (χ3v) is 13.5. The second kappa shape index (κ2) is 11.5. The van der Waals surface area contributed by atoms with Crippen molar-refractivity contribution in [3.8, 4) is 34.3 Å². The molecule has 234 valence electrons. The zero-order valence-corrected chi connectivity index (χ0v) is 30.0. The Morgan fingerprint density at radius 3 is 2.11 bits per heavy atom. The standard InChI is InChI=1S/C41H38FGeN3O/c1-24(2)32-19-28(27-13-15-30(16-14-27)43(5,6)7)20-33(25(3)4)39(32)46-37-11-9-8-10-36(37)45-41(46)35-22-29(42)21-34-31-17-12-26(23-44)18-38(31)47-40(34)35/h8-22,24-25H,1-7H3. The van der Waals surface area contributed by atoms with Crippen LogP contribution in [-0.2, 0) is 0 Å². The summed E-state index contributed by atoms with van der Waals surface area (Å²) in [6.07, 6.45) is 0. The number of nitrogens with zero attached hydrogens (tertiary/aromatic N) is 3. The van der Waals surface area contributed by atoms with Gasteiger partial charge in [-0.05, 0) is 24.3 Å². The van der Waals surface area contributed by atoms with Crippen LogP contribution in [0.2, 0.25) is 17.3 Å². The number of benzene rings is 5. The summed E-state index contributed by atoms with van der Waals surface area (Å²) in [7, 11) is 0. The minimum atomic E-state index is -1.95. The molecule has 7 aromatic rings. The fourth-order valence-electron chi connectivity index (χ4n) is 6.66. The molecule has 2 aromatic heterocycles. The van der Waals surface area contributed by atoms with Gasteiger partial charge in [-0.3, -0.25) is 0 Å². The van der Waals surface area contributed by atoms with E-state index in [1.807, 2.05) is 24.3 Å². The summed E-state index contributed by atoms with van der Waals surface area (Å²) in [6, 6.07) is 32.4. The molecule has 0 amide bonds. The molecule has 7 rings (SSSR count). The van der Waals surface area contributed by atoms with E-state index < -0.39 is 13.3 Å². The number of imidazole rings is 1. The first-order chi connectivity index (χ1) is 22.4. The molecule has 0 saturated heterocycles. The molecular weight excluding hydrogens is 642 g/mol. The van der Waals surface area contributed by atoms with Crippen LogP contribution in [-0.4, -0.2) is 22.8 Å². The van der Waals surface area contributed by atoms with Crippen molar-refractivity contribution in [1.82, 2.24) is 9.55 Å². The van der Waals surface area contributed by atoms with Gasteiger partial charge in [-0.15, -0.1) is 0 Å². The average molecular weight is 680 g/mol. The Morgan fingerprint density at radius 1 is 0.787 bits per heavy atom. The Bertz CT molecular complexity index is 2340. The number of halogens is 1. The molecule has 0 N–H and O–H groups in total. The molecule has 47 heavy (non-hydrogen) atoms. The normalized spacial score (nSPS) is 12.2. The van der Waals surface area contributed by atoms with Gasteiger partial charge in [0.05, 0.1) is 11.6 Å². The molecular formula is C41H38FGeN3O. The molecule has 0 spiro atoms. The molecule has 0 aliphatic carbocycles. The molecule has 0 fully saturated rings. The first kappa shape index (κ1) is 31.0. The predicted octanol–water partition coefficient (Wildman–Crippen LogP) is 11.1. The Morgan fingerprint density at radius 2 is 1.47 bits per heavy atom. The van der Waals surface area contributed by atoms with Crippen LogP contribution in [0.5, 0.6) is 0 Å². The first-order valence-corrected chi connectivity index (χ1v) is 23.6. The summed E-state index contributed by atoms with van der Waals surface area (Å²) in [5.41, 5.74) is 9.79. The van der Waals surface area contributed by atoms with Crippen molar-refractivity contribution in [3.63, 3.8) is 0 Å². The van der Waals surface area contributed by atoms with E-state index in [4.69, 9.17) is 9.40 Å². The number of furan rings is 1. The van der Waals surface area contributed by atoms with Crippen molar-refractivity contribution in [2.45, 2.75) is 56.8 Å². The van der Waals surface area contributed by atoms with E-state index in [9.17, 15) is 5.26 Å². The number of aromatic nitrogens is 2. The van der Waals surface area contributed by atoms with Gasteiger partial charge in [0.25, 0.3) is 0 Å². The van der Waals surface area contributed by atoms with Crippen molar-refractivity contribution in [1.29, 1.82) is 5.26 Å². The van der Waals surface area contributed by atoms with Gasteiger partial charge in [-0.25, -0.2) is 4.39 Å². The second-order valence-electron chi connectivity index (χ2n) is 14.2. The molecule has 0 atom stereocenters. The molecule has 5 aromatic carbocycles. The van der Waals surface area contributed by atoms with Gasteiger partial charge in [0.1, 0.15) is 11.4 Å². The average Bonchev–Trinajstić information content (AvgIpc) is 3.61. The summed E-state index contributed by atoms with van der Waals surface area (Å²) in [5, 5.41) is 10.9. The number of para-hydroxylation sites is 2. The van der Waals surface area contributed by atoms with E-state index >= 15 is 4.39 Å². The van der Waals surface area contributed by atoms with E-state index in [0.29, 0.717) is 33.5 Å². The third-order valence-electron chi connectivity index (χ3n) is 9.19. The van der Waals surface area contributed by atoms with Crippen LogP contribution in [0.15, 0.2) is 95.4 Å². The van der Waals surface area contributed by atoms with E-state index in [1.165, 1.54) is 38.8 Å². The van der Waals surface area contributed by atoms with Gasteiger partial charge in [0, 0.05) is 10.8 Å². The number of nitriles is 1. The van der Waals surface area contributed by atoms with Gasteiger partial charge >= 0.3 is 201 Å². The van der Waals surface area contributed by atoms with E-state index in [2.05, 4.69) is 98.1 Å². The number of rotatable bonds is 6. The van der Waals surface area contributed by atoms with Crippen LogP contribution >= 0.6 is 0 Å². The van der Waals surface area contributed by atoms with Crippen LogP contribution in [0.1, 0.15) is 56.2 Å². The monoisotopic (exact) mass is 681 g/mol. The zero-order valence-electron chi connectivity index (χ0n) is 27.9. The SMILES string of the molecule is CC(C)c1cc(-c2cc[c]([Ge]([CH3])([CH3])[CH3])cc2)cc(C(C)C)c1-n1c(-c2cc(F)cc3c2oc2cc(C#N)ccc23)nc2ccccc21. The van der Waals surface area contributed by atoms with E-state index in [1.54, 1.807) is 12.1 Å². The van der Waals surface area contributed by atoms with Gasteiger partial charge in [0.2, 0.25) is 0 Å². The topological polar surface area (TPSA) is 54.8 Å². The first-order valence-electron chi connectivity index (χ1n) is 16.3. The maximum absolute atomic E-state index is 15.6. The molecule has 0 unspecified atom stereocenters. The molecule has 6 heteroatoms. The third kappa shape index (κ3) is 5.35. The summed E-state index contributed by atoms with van der Waals surface area (Å²) in [5.74, 6) is 7.91. The number of fused-ring (bicyclic) bond motifs is 4. The fourth-order valence-corrected chi connectivity index (χ4v) is 9.11. The molecule has 0 bridgehead atoms. The van der Waals surface area contributed by atoms with Crippen molar-refractivity contribution in [3.05, 3.63) is 114 Å². The van der Waals surface area contributed by atoms with Crippen molar-refractivity contribution in [2.24, 2.45) is 0 Å². The summed E-state index contributed by atoms with van der Waals surface area (Å²) in [4.78, 5) is 5.16. The summed E-state index contributed by atoms with van der Waals surface area (Å²) in [6.45, 7) is 8.92. The van der Waals surface area contributed by atoms with Crippen LogP contribution in [0.4, 0.5) is 4.39 Å². The molecule has 0 aliphatic rings. The van der Waals surface area contributed by atoms with Crippen LogP contribution < -0.4 is 4.40 Å². The maximum atomic E-state index is 15.6. The van der Waals surface area contributed by atoms with Crippen LogP contribution in [0.3, 0.4) is 0 Å². The molecule has 0 saturated carbocycles. The second-order valence-corrected chi connectivity index (χ2v) is 24.8. The van der Waals surface area contributed by atoms with Crippen LogP contribution in [0.25, 0.3) is 61.2 Å². The Kier molecular flexibility index (Phi) is 7.60. The predicted molar refractivity (Wildman–Crippen MR) is 195 cm³/mol. The minimum absolute atomic E-state index is 0.198. The van der Waals surface area contributed by atoms with Crippen molar-refractivity contribution in [2.75, 3.05) is 0 Å². The van der Waals surface area contributed by atoms with Gasteiger partial charge in [-0.1, -0.05) is 6.07 Å². The molecule has 4 nitrogen and oxygen atoms in total. The Balaban J connectivity index is 1.54. The fraction of sp³-hybridized carbons (Fsp3) is 0.220. The van der Waals surface area contributed by atoms with Crippen molar-refractivity contribution < 1.29 is 8.81 Å². The molecule has 2 heterocycles. The van der Waals surface area contributed by atoms with Crippen molar-refractivity contribution >= 4 is 50.6 Å². The van der Waals surface area contributed by atoms with Gasteiger partial charge < -0.3 is 4.42 Å². The zero-order chi connectivity index (χ0) is 33.2. The Labute approximate surface area is 277 Å². The van der Waals surface area contributed by atoms with E-state index in [-0.39, 0.29) is 17.7 Å². The van der Waals surface area contributed by atoms with E-state index in [0.717, 1.165) is 22.1 Å². The quantitative estimate of drug-likeness (QED) is 0.164. The molecule has 0 radical (unpaired) electrons. The van der Waals surface area contributed by atoms with Gasteiger partial charge in [0.15, 0.2) is 0 Å². The molecule has 0 aliphatic heterocycles. The number of hydrogen-bond donors (Lipinski definition) is 0.